The van der Waals surface area contributed by atoms with Crippen LogP contribution in [0.5, 0.6) is 0 Å². The van der Waals surface area contributed by atoms with E-state index in [2.05, 4.69) is 23.7 Å². The van der Waals surface area contributed by atoms with Gasteiger partial charge in [-0.2, -0.15) is 0 Å². The standard InChI is InChI=1S/C14H19N3O2/c1-14(2)9-17(6-7-18-14)8-12-16-13-10(15)4-3-5-11(13)19-12/h3-5H,6-9,15H2,1-2H3. The van der Waals surface area contributed by atoms with E-state index < -0.39 is 0 Å². The third kappa shape index (κ3) is 2.57. The van der Waals surface area contributed by atoms with Crippen molar-refractivity contribution in [2.75, 3.05) is 25.4 Å². The molecule has 1 aromatic carbocycles. The molecule has 1 saturated heterocycles. The van der Waals surface area contributed by atoms with E-state index in [-0.39, 0.29) is 5.60 Å². The number of morpholine rings is 1. The fraction of sp³-hybridized carbons (Fsp3) is 0.500. The molecule has 102 valence electrons. The molecule has 1 aliphatic rings. The minimum absolute atomic E-state index is 0.108. The quantitative estimate of drug-likeness (QED) is 0.838. The number of fused-ring (bicyclic) bond motifs is 1. The summed E-state index contributed by atoms with van der Waals surface area (Å²) in [4.78, 5) is 6.78. The fourth-order valence-electron chi connectivity index (χ4n) is 2.52. The number of nitrogens with two attached hydrogens (primary N) is 1. The number of hydrogen-bond donors (Lipinski definition) is 1. The summed E-state index contributed by atoms with van der Waals surface area (Å²) in [6.07, 6.45) is 0. The van der Waals surface area contributed by atoms with Crippen LogP contribution < -0.4 is 5.73 Å². The van der Waals surface area contributed by atoms with Gasteiger partial charge in [-0.25, -0.2) is 4.98 Å². The molecule has 0 amide bonds. The minimum Gasteiger partial charge on any atom is -0.439 e. The van der Waals surface area contributed by atoms with Crippen molar-refractivity contribution < 1.29 is 9.15 Å². The Morgan fingerprint density at radius 2 is 2.26 bits per heavy atom. The fourth-order valence-corrected chi connectivity index (χ4v) is 2.52. The molecular formula is C14H19N3O2. The van der Waals surface area contributed by atoms with Crippen LogP contribution in [0.4, 0.5) is 5.69 Å². The Hall–Kier alpha value is -1.59. The zero-order chi connectivity index (χ0) is 13.5. The van der Waals surface area contributed by atoms with Gasteiger partial charge in [0.15, 0.2) is 5.58 Å². The predicted molar refractivity (Wildman–Crippen MR) is 73.7 cm³/mol. The summed E-state index contributed by atoms with van der Waals surface area (Å²) in [6, 6.07) is 5.61. The van der Waals surface area contributed by atoms with Gasteiger partial charge in [-0.15, -0.1) is 0 Å². The number of nitrogens with zero attached hydrogens (tertiary/aromatic N) is 2. The zero-order valence-electron chi connectivity index (χ0n) is 11.3. The average Bonchev–Trinajstić information content (AvgIpc) is 2.71. The van der Waals surface area contributed by atoms with E-state index in [1.807, 2.05) is 18.2 Å². The molecule has 0 spiro atoms. The smallest absolute Gasteiger partial charge is 0.209 e. The van der Waals surface area contributed by atoms with Gasteiger partial charge in [0, 0.05) is 13.1 Å². The highest BCUT2D eigenvalue weighted by molar-refractivity contribution is 5.85. The van der Waals surface area contributed by atoms with Gasteiger partial charge in [-0.1, -0.05) is 6.07 Å². The average molecular weight is 261 g/mol. The Bertz CT molecular complexity index is 591. The number of oxazole rings is 1. The summed E-state index contributed by atoms with van der Waals surface area (Å²) in [5, 5.41) is 0. The van der Waals surface area contributed by atoms with Crippen LogP contribution in [-0.2, 0) is 11.3 Å². The van der Waals surface area contributed by atoms with Gasteiger partial charge < -0.3 is 14.9 Å². The second-order valence-electron chi connectivity index (χ2n) is 5.62. The maximum absolute atomic E-state index is 5.89. The van der Waals surface area contributed by atoms with Gasteiger partial charge >= 0.3 is 0 Å². The molecule has 0 atom stereocenters. The van der Waals surface area contributed by atoms with Crippen molar-refractivity contribution in [1.29, 1.82) is 0 Å². The second kappa shape index (κ2) is 4.51. The van der Waals surface area contributed by atoms with Crippen LogP contribution in [0.15, 0.2) is 22.6 Å². The van der Waals surface area contributed by atoms with Crippen molar-refractivity contribution in [3.63, 3.8) is 0 Å². The zero-order valence-corrected chi connectivity index (χ0v) is 11.3. The van der Waals surface area contributed by atoms with E-state index in [1.165, 1.54) is 0 Å². The molecule has 3 rings (SSSR count). The second-order valence-corrected chi connectivity index (χ2v) is 5.62. The maximum Gasteiger partial charge on any atom is 0.209 e. The Morgan fingerprint density at radius 3 is 3.00 bits per heavy atom. The Kier molecular flexibility index (Phi) is 2.95. The molecular weight excluding hydrogens is 242 g/mol. The van der Waals surface area contributed by atoms with Crippen molar-refractivity contribution in [3.05, 3.63) is 24.1 Å². The van der Waals surface area contributed by atoms with Crippen molar-refractivity contribution in [3.8, 4) is 0 Å². The molecule has 1 fully saturated rings. The van der Waals surface area contributed by atoms with Crippen molar-refractivity contribution in [2.45, 2.75) is 26.0 Å². The molecule has 5 nitrogen and oxygen atoms in total. The highest BCUT2D eigenvalue weighted by Crippen LogP contribution is 2.23. The van der Waals surface area contributed by atoms with E-state index in [9.17, 15) is 0 Å². The molecule has 2 aromatic rings. The van der Waals surface area contributed by atoms with Crippen molar-refractivity contribution >= 4 is 16.8 Å². The lowest BCUT2D eigenvalue weighted by atomic mass is 10.1. The highest BCUT2D eigenvalue weighted by atomic mass is 16.5. The van der Waals surface area contributed by atoms with E-state index in [4.69, 9.17) is 14.9 Å². The number of nitrogen functional groups attached to an aromatic ring is 1. The van der Waals surface area contributed by atoms with Crippen molar-refractivity contribution in [1.82, 2.24) is 9.88 Å². The Balaban J connectivity index is 1.80. The third-order valence-electron chi connectivity index (χ3n) is 3.36. The van der Waals surface area contributed by atoms with E-state index in [0.717, 1.165) is 30.8 Å². The lowest BCUT2D eigenvalue weighted by molar-refractivity contribution is -0.0896. The van der Waals surface area contributed by atoms with Gasteiger partial charge in [0.2, 0.25) is 5.89 Å². The molecule has 0 radical (unpaired) electrons. The number of hydrogen-bond acceptors (Lipinski definition) is 5. The number of anilines is 1. The topological polar surface area (TPSA) is 64.5 Å². The molecule has 0 saturated carbocycles. The molecule has 2 N–H and O–H groups in total. The number of rotatable bonds is 2. The van der Waals surface area contributed by atoms with Crippen LogP contribution in [0.1, 0.15) is 19.7 Å². The Labute approximate surface area is 112 Å². The first kappa shape index (κ1) is 12.4. The lowest BCUT2D eigenvalue weighted by Crippen LogP contribution is -2.47. The molecule has 19 heavy (non-hydrogen) atoms. The summed E-state index contributed by atoms with van der Waals surface area (Å²) in [7, 11) is 0. The maximum atomic E-state index is 5.89. The van der Waals surface area contributed by atoms with Gasteiger partial charge in [0.1, 0.15) is 5.52 Å². The normalized spacial score (nSPS) is 19.9. The Morgan fingerprint density at radius 1 is 1.42 bits per heavy atom. The predicted octanol–water partition coefficient (Wildman–Crippen LogP) is 2.02. The highest BCUT2D eigenvalue weighted by Gasteiger charge is 2.28. The van der Waals surface area contributed by atoms with Crippen LogP contribution >= 0.6 is 0 Å². The first-order chi connectivity index (χ1) is 9.03. The van der Waals surface area contributed by atoms with Gasteiger partial charge in [0.05, 0.1) is 24.4 Å². The summed E-state index contributed by atoms with van der Waals surface area (Å²) < 4.78 is 11.4. The van der Waals surface area contributed by atoms with Crippen LogP contribution in [0.25, 0.3) is 11.1 Å². The SMILES string of the molecule is CC1(C)CN(Cc2nc3c(N)cccc3o2)CCO1. The summed E-state index contributed by atoms with van der Waals surface area (Å²) in [6.45, 7) is 7.42. The largest absolute Gasteiger partial charge is 0.439 e. The molecule has 2 heterocycles. The third-order valence-corrected chi connectivity index (χ3v) is 3.36. The van der Waals surface area contributed by atoms with Crippen LogP contribution in [0.2, 0.25) is 0 Å². The van der Waals surface area contributed by atoms with Crippen LogP contribution in [-0.4, -0.2) is 35.2 Å². The molecule has 0 unspecified atom stereocenters. The molecule has 1 aliphatic heterocycles. The summed E-state index contributed by atoms with van der Waals surface area (Å²) in [5.41, 5.74) is 7.95. The molecule has 5 heteroatoms. The molecule has 1 aromatic heterocycles. The summed E-state index contributed by atoms with van der Waals surface area (Å²) in [5.74, 6) is 0.714. The van der Waals surface area contributed by atoms with Crippen molar-refractivity contribution in [2.24, 2.45) is 0 Å². The minimum atomic E-state index is -0.108. The summed E-state index contributed by atoms with van der Waals surface area (Å²) >= 11 is 0. The van der Waals surface area contributed by atoms with Gasteiger partial charge in [-0.05, 0) is 26.0 Å². The number of aromatic nitrogens is 1. The number of benzene rings is 1. The van der Waals surface area contributed by atoms with Crippen LogP contribution in [0.3, 0.4) is 0 Å². The van der Waals surface area contributed by atoms with Gasteiger partial charge in [0.25, 0.3) is 0 Å². The first-order valence-electron chi connectivity index (χ1n) is 6.54. The van der Waals surface area contributed by atoms with E-state index >= 15 is 0 Å². The number of ether oxygens (including phenoxy) is 1. The monoisotopic (exact) mass is 261 g/mol. The number of para-hydroxylation sites is 1. The lowest BCUT2D eigenvalue weighted by Gasteiger charge is -2.37. The van der Waals surface area contributed by atoms with Gasteiger partial charge in [-0.3, -0.25) is 4.90 Å². The molecule has 0 aliphatic carbocycles. The van der Waals surface area contributed by atoms with E-state index in [0.29, 0.717) is 18.1 Å². The van der Waals surface area contributed by atoms with E-state index in [1.54, 1.807) is 0 Å². The first-order valence-corrected chi connectivity index (χ1v) is 6.54. The van der Waals surface area contributed by atoms with Crippen LogP contribution in [0, 0.1) is 0 Å². The molecule has 0 bridgehead atoms.